The number of aromatic nitrogens is 4. The third-order valence-electron chi connectivity index (χ3n) is 3.70. The van der Waals surface area contributed by atoms with Crippen LogP contribution in [0.2, 0.25) is 5.02 Å². The van der Waals surface area contributed by atoms with Crippen molar-refractivity contribution in [3.63, 3.8) is 0 Å². The zero-order valence-electron chi connectivity index (χ0n) is 14.7. The van der Waals surface area contributed by atoms with E-state index in [0.717, 1.165) is 11.8 Å². The van der Waals surface area contributed by atoms with Gasteiger partial charge in [0.2, 0.25) is 5.91 Å². The Morgan fingerprint density at radius 1 is 1.24 bits per heavy atom. The van der Waals surface area contributed by atoms with Crippen molar-refractivity contribution in [2.45, 2.75) is 11.3 Å². The number of carbonyl (C=O) groups is 1. The van der Waals surface area contributed by atoms with Gasteiger partial charge < -0.3 is 9.88 Å². The highest BCUT2D eigenvalue weighted by atomic mass is 35.5. The second-order valence-electron chi connectivity index (χ2n) is 5.76. The van der Waals surface area contributed by atoms with Gasteiger partial charge in [-0.15, -0.1) is 10.2 Å². The molecule has 1 N–H and O–H groups in total. The molecule has 0 spiro atoms. The SMILES string of the molecule is Cn1c(SCC(=O)Nc2ncc(C(F)(F)F)cc2Cl)nnc1-c1ccc(F)cc1. The molecule has 0 aliphatic carbocycles. The summed E-state index contributed by atoms with van der Waals surface area (Å²) in [7, 11) is 1.69. The lowest BCUT2D eigenvalue weighted by atomic mass is 10.2. The fraction of sp³-hybridized carbons (Fsp3) is 0.176. The van der Waals surface area contributed by atoms with Crippen molar-refractivity contribution < 1.29 is 22.4 Å². The fourth-order valence-corrected chi connectivity index (χ4v) is 3.20. The number of hydrogen-bond donors (Lipinski definition) is 1. The molecule has 0 aliphatic heterocycles. The van der Waals surface area contributed by atoms with E-state index in [9.17, 15) is 22.4 Å². The predicted molar refractivity (Wildman–Crippen MR) is 100.0 cm³/mol. The second kappa shape index (κ2) is 8.37. The average Bonchev–Trinajstić information content (AvgIpc) is 3.02. The monoisotopic (exact) mass is 445 g/mol. The maximum absolute atomic E-state index is 13.0. The second-order valence-corrected chi connectivity index (χ2v) is 7.11. The van der Waals surface area contributed by atoms with E-state index in [2.05, 4.69) is 20.5 Å². The molecule has 0 fully saturated rings. The third-order valence-corrected chi connectivity index (χ3v) is 5.00. The molecule has 0 radical (unpaired) electrons. The molecule has 2 heterocycles. The molecule has 3 rings (SSSR count). The molecule has 0 saturated carbocycles. The molecule has 1 amide bonds. The molecule has 1 aromatic carbocycles. The van der Waals surface area contributed by atoms with Crippen LogP contribution in [-0.4, -0.2) is 31.4 Å². The molecule has 0 saturated heterocycles. The number of hydrogen-bond acceptors (Lipinski definition) is 5. The van der Waals surface area contributed by atoms with Gasteiger partial charge in [0.05, 0.1) is 16.3 Å². The molecular formula is C17H12ClF4N5OS. The number of pyridine rings is 1. The van der Waals surface area contributed by atoms with E-state index in [0.29, 0.717) is 28.8 Å². The van der Waals surface area contributed by atoms with Crippen LogP contribution in [0.3, 0.4) is 0 Å². The molecule has 3 aromatic rings. The Bertz CT molecular complexity index is 1040. The Morgan fingerprint density at radius 2 is 1.93 bits per heavy atom. The van der Waals surface area contributed by atoms with Crippen LogP contribution in [0.4, 0.5) is 23.4 Å². The van der Waals surface area contributed by atoms with Crippen molar-refractivity contribution >= 4 is 35.1 Å². The van der Waals surface area contributed by atoms with Gasteiger partial charge >= 0.3 is 6.18 Å². The summed E-state index contributed by atoms with van der Waals surface area (Å²) >= 11 is 6.83. The maximum atomic E-state index is 13.0. The number of anilines is 1. The molecule has 0 bridgehead atoms. The minimum Gasteiger partial charge on any atom is -0.309 e. The molecular weight excluding hydrogens is 434 g/mol. The largest absolute Gasteiger partial charge is 0.417 e. The zero-order chi connectivity index (χ0) is 21.2. The number of amides is 1. The van der Waals surface area contributed by atoms with E-state index >= 15 is 0 Å². The number of nitrogens with zero attached hydrogens (tertiary/aromatic N) is 4. The first-order chi connectivity index (χ1) is 13.6. The summed E-state index contributed by atoms with van der Waals surface area (Å²) in [5.74, 6) is -0.696. The molecule has 0 atom stereocenters. The summed E-state index contributed by atoms with van der Waals surface area (Å²) < 4.78 is 52.6. The van der Waals surface area contributed by atoms with Crippen LogP contribution in [0.1, 0.15) is 5.56 Å². The first-order valence-corrected chi connectivity index (χ1v) is 9.32. The standard InChI is InChI=1S/C17H12ClF4N5OS/c1-27-15(9-2-4-11(19)5-3-9)25-26-16(27)29-8-13(28)24-14-12(18)6-10(7-23-14)17(20,21)22/h2-7H,8H2,1H3,(H,23,24,28). The maximum Gasteiger partial charge on any atom is 0.417 e. The number of thioether (sulfide) groups is 1. The smallest absolute Gasteiger partial charge is 0.309 e. The topological polar surface area (TPSA) is 72.7 Å². The fourth-order valence-electron chi connectivity index (χ4n) is 2.27. The number of rotatable bonds is 5. The summed E-state index contributed by atoms with van der Waals surface area (Å²) in [6, 6.07) is 6.39. The highest BCUT2D eigenvalue weighted by Crippen LogP contribution is 2.32. The van der Waals surface area contributed by atoms with Gasteiger partial charge in [0.15, 0.2) is 16.8 Å². The van der Waals surface area contributed by atoms with Gasteiger partial charge in [0, 0.05) is 18.8 Å². The quantitative estimate of drug-likeness (QED) is 0.465. The highest BCUT2D eigenvalue weighted by molar-refractivity contribution is 7.99. The Hall–Kier alpha value is -2.66. The Balaban J connectivity index is 1.64. The van der Waals surface area contributed by atoms with Gasteiger partial charge in [-0.05, 0) is 30.3 Å². The minimum atomic E-state index is -4.58. The summed E-state index contributed by atoms with van der Waals surface area (Å²) in [5.41, 5.74) is -0.360. The normalized spacial score (nSPS) is 11.5. The molecule has 152 valence electrons. The summed E-state index contributed by atoms with van der Waals surface area (Å²) in [6.07, 6.45) is -3.99. The van der Waals surface area contributed by atoms with E-state index in [-0.39, 0.29) is 22.4 Å². The van der Waals surface area contributed by atoms with Crippen LogP contribution >= 0.6 is 23.4 Å². The van der Waals surface area contributed by atoms with Gasteiger partial charge in [-0.3, -0.25) is 4.79 Å². The van der Waals surface area contributed by atoms with Crippen LogP contribution in [0.5, 0.6) is 0 Å². The van der Waals surface area contributed by atoms with Gasteiger partial charge in [-0.1, -0.05) is 23.4 Å². The van der Waals surface area contributed by atoms with E-state index in [1.807, 2.05) is 0 Å². The number of carbonyl (C=O) groups excluding carboxylic acids is 1. The van der Waals surface area contributed by atoms with Crippen molar-refractivity contribution in [3.05, 3.63) is 52.9 Å². The lowest BCUT2D eigenvalue weighted by molar-refractivity contribution is -0.137. The summed E-state index contributed by atoms with van der Waals surface area (Å²) in [4.78, 5) is 15.6. The van der Waals surface area contributed by atoms with Crippen molar-refractivity contribution in [1.82, 2.24) is 19.7 Å². The number of nitrogens with one attached hydrogen (secondary N) is 1. The zero-order valence-corrected chi connectivity index (χ0v) is 16.2. The minimum absolute atomic E-state index is 0.103. The molecule has 29 heavy (non-hydrogen) atoms. The van der Waals surface area contributed by atoms with Crippen LogP contribution in [-0.2, 0) is 18.0 Å². The predicted octanol–water partition coefficient (Wildman–Crippen LogP) is 4.42. The first kappa shape index (κ1) is 21.1. The molecule has 12 heteroatoms. The van der Waals surface area contributed by atoms with Crippen LogP contribution < -0.4 is 5.32 Å². The van der Waals surface area contributed by atoms with Gasteiger partial charge in [0.25, 0.3) is 0 Å². The van der Waals surface area contributed by atoms with Crippen LogP contribution in [0.15, 0.2) is 41.7 Å². The third kappa shape index (κ3) is 5.04. The Labute approximate surface area is 171 Å². The van der Waals surface area contributed by atoms with Gasteiger partial charge in [-0.2, -0.15) is 13.2 Å². The van der Waals surface area contributed by atoms with Crippen molar-refractivity contribution in [3.8, 4) is 11.4 Å². The number of alkyl halides is 3. The lowest BCUT2D eigenvalue weighted by Gasteiger charge is -2.10. The Kier molecular flexibility index (Phi) is 6.08. The number of halogens is 5. The molecule has 0 unspecified atom stereocenters. The van der Waals surface area contributed by atoms with Gasteiger partial charge in [-0.25, -0.2) is 9.37 Å². The van der Waals surface area contributed by atoms with E-state index in [1.54, 1.807) is 23.7 Å². The number of benzene rings is 1. The van der Waals surface area contributed by atoms with Crippen LogP contribution in [0, 0.1) is 5.82 Å². The lowest BCUT2D eigenvalue weighted by Crippen LogP contribution is -2.16. The first-order valence-electron chi connectivity index (χ1n) is 7.96. The average molecular weight is 446 g/mol. The van der Waals surface area contributed by atoms with E-state index in [4.69, 9.17) is 11.6 Å². The van der Waals surface area contributed by atoms with Crippen molar-refractivity contribution in [2.75, 3.05) is 11.1 Å². The van der Waals surface area contributed by atoms with Gasteiger partial charge in [0.1, 0.15) is 5.82 Å². The van der Waals surface area contributed by atoms with Crippen LogP contribution in [0.25, 0.3) is 11.4 Å². The van der Waals surface area contributed by atoms with E-state index in [1.165, 1.54) is 12.1 Å². The molecule has 2 aromatic heterocycles. The van der Waals surface area contributed by atoms with E-state index < -0.39 is 17.6 Å². The Morgan fingerprint density at radius 3 is 2.55 bits per heavy atom. The summed E-state index contributed by atoms with van der Waals surface area (Å²) in [5, 5.41) is 10.5. The van der Waals surface area contributed by atoms with Crippen molar-refractivity contribution in [2.24, 2.45) is 7.05 Å². The highest BCUT2D eigenvalue weighted by Gasteiger charge is 2.31. The summed E-state index contributed by atoms with van der Waals surface area (Å²) in [6.45, 7) is 0. The molecule has 6 nitrogen and oxygen atoms in total. The van der Waals surface area contributed by atoms with Crippen molar-refractivity contribution in [1.29, 1.82) is 0 Å². The molecule has 0 aliphatic rings.